The third-order valence-electron chi connectivity index (χ3n) is 2.98. The van der Waals surface area contributed by atoms with Crippen LogP contribution in [0.3, 0.4) is 0 Å². The Morgan fingerprint density at radius 2 is 1.91 bits per heavy atom. The van der Waals surface area contributed by atoms with Crippen LogP contribution in [0.5, 0.6) is 0 Å². The Morgan fingerprint density at radius 3 is 2.74 bits per heavy atom. The molecule has 1 amide bonds. The number of nitrogens with zero attached hydrogens (tertiary/aromatic N) is 1. The summed E-state index contributed by atoms with van der Waals surface area (Å²) in [5.41, 5.74) is 1.93. The number of thiazole rings is 1. The van der Waals surface area contributed by atoms with E-state index in [2.05, 4.69) is 22.1 Å². The maximum atomic E-state index is 11.8. The Labute approximate surface area is 143 Å². The second-order valence-corrected chi connectivity index (χ2v) is 6.93. The fourth-order valence-corrected chi connectivity index (χ4v) is 3.80. The zero-order valence-corrected chi connectivity index (χ0v) is 13.9. The second kappa shape index (κ2) is 7.82. The molecule has 5 heteroatoms. The van der Waals surface area contributed by atoms with E-state index in [1.807, 2.05) is 54.6 Å². The number of hydrogen-bond donors (Lipinski definition) is 1. The highest BCUT2D eigenvalue weighted by Gasteiger charge is 2.06. The Kier molecular flexibility index (Phi) is 5.30. The average Bonchev–Trinajstić information content (AvgIpc) is 3.01. The molecule has 114 valence electrons. The Balaban J connectivity index is 1.45. The van der Waals surface area contributed by atoms with Gasteiger partial charge in [0.25, 0.3) is 0 Å². The standard InChI is InChI=1S/C18H14N2OS2/c21-17(19-12-6-9-14-7-2-1-3-8-14)13-22-18-20-15-10-4-5-11-16(15)23-18/h1-5,7-8,10-11H,12-13H2,(H,19,21). The lowest BCUT2D eigenvalue weighted by Gasteiger charge is -1.98. The van der Waals surface area contributed by atoms with Gasteiger partial charge in [-0.1, -0.05) is 53.9 Å². The van der Waals surface area contributed by atoms with Gasteiger partial charge in [-0.25, -0.2) is 4.98 Å². The molecule has 0 fully saturated rings. The van der Waals surface area contributed by atoms with Crippen molar-refractivity contribution >= 4 is 39.2 Å². The van der Waals surface area contributed by atoms with Gasteiger partial charge in [-0.2, -0.15) is 0 Å². The lowest BCUT2D eigenvalue weighted by Crippen LogP contribution is -2.25. The quantitative estimate of drug-likeness (QED) is 0.584. The number of aromatic nitrogens is 1. The van der Waals surface area contributed by atoms with Crippen molar-refractivity contribution in [2.75, 3.05) is 12.3 Å². The van der Waals surface area contributed by atoms with Crippen LogP contribution in [0.2, 0.25) is 0 Å². The van der Waals surface area contributed by atoms with Crippen molar-refractivity contribution in [2.24, 2.45) is 0 Å². The molecule has 0 saturated heterocycles. The van der Waals surface area contributed by atoms with Crippen molar-refractivity contribution in [3.05, 3.63) is 60.2 Å². The van der Waals surface area contributed by atoms with Crippen LogP contribution >= 0.6 is 23.1 Å². The molecule has 0 aliphatic rings. The van der Waals surface area contributed by atoms with E-state index < -0.39 is 0 Å². The summed E-state index contributed by atoms with van der Waals surface area (Å²) in [5, 5.41) is 2.80. The molecule has 0 atom stereocenters. The van der Waals surface area contributed by atoms with Crippen molar-refractivity contribution < 1.29 is 4.79 Å². The summed E-state index contributed by atoms with van der Waals surface area (Å²) >= 11 is 3.06. The maximum Gasteiger partial charge on any atom is 0.231 e. The molecule has 0 radical (unpaired) electrons. The molecule has 3 aromatic rings. The fraction of sp³-hybridized carbons (Fsp3) is 0.111. The van der Waals surface area contributed by atoms with Crippen LogP contribution in [-0.4, -0.2) is 23.2 Å². The highest BCUT2D eigenvalue weighted by atomic mass is 32.2. The molecule has 3 nitrogen and oxygen atoms in total. The van der Waals surface area contributed by atoms with Gasteiger partial charge < -0.3 is 5.32 Å². The average molecular weight is 338 g/mol. The monoisotopic (exact) mass is 338 g/mol. The highest BCUT2D eigenvalue weighted by Crippen LogP contribution is 2.28. The van der Waals surface area contributed by atoms with E-state index in [9.17, 15) is 4.79 Å². The normalized spacial score (nSPS) is 10.1. The minimum Gasteiger partial charge on any atom is -0.344 e. The van der Waals surface area contributed by atoms with Gasteiger partial charge in [0.1, 0.15) is 0 Å². The number of thioether (sulfide) groups is 1. The summed E-state index contributed by atoms with van der Waals surface area (Å²) in [5.74, 6) is 6.28. The van der Waals surface area contributed by atoms with Gasteiger partial charge in [0.05, 0.1) is 22.5 Å². The third-order valence-corrected chi connectivity index (χ3v) is 5.16. The minimum absolute atomic E-state index is 0.0309. The van der Waals surface area contributed by atoms with E-state index in [0.29, 0.717) is 12.3 Å². The predicted molar refractivity (Wildman–Crippen MR) is 96.7 cm³/mol. The number of rotatable bonds is 4. The first-order valence-electron chi connectivity index (χ1n) is 7.10. The van der Waals surface area contributed by atoms with Crippen LogP contribution in [0, 0.1) is 11.8 Å². The summed E-state index contributed by atoms with van der Waals surface area (Å²) in [4.78, 5) is 16.3. The molecule has 0 aliphatic heterocycles. The van der Waals surface area contributed by atoms with Gasteiger partial charge in [0.2, 0.25) is 5.91 Å². The van der Waals surface area contributed by atoms with Crippen molar-refractivity contribution in [3.63, 3.8) is 0 Å². The first kappa shape index (κ1) is 15.6. The Morgan fingerprint density at radius 1 is 1.13 bits per heavy atom. The molecule has 23 heavy (non-hydrogen) atoms. The number of carbonyl (C=O) groups is 1. The van der Waals surface area contributed by atoms with E-state index >= 15 is 0 Å². The summed E-state index contributed by atoms with van der Waals surface area (Å²) in [6.07, 6.45) is 0. The van der Waals surface area contributed by atoms with Crippen LogP contribution in [0.1, 0.15) is 5.56 Å². The molecule has 0 unspecified atom stereocenters. The first-order valence-corrected chi connectivity index (χ1v) is 8.90. The largest absolute Gasteiger partial charge is 0.344 e. The fourth-order valence-electron chi connectivity index (χ4n) is 1.90. The van der Waals surface area contributed by atoms with Crippen LogP contribution < -0.4 is 5.32 Å². The molecule has 2 aromatic carbocycles. The first-order chi connectivity index (χ1) is 11.3. The number of fused-ring (bicyclic) bond motifs is 1. The lowest BCUT2D eigenvalue weighted by atomic mass is 10.2. The van der Waals surface area contributed by atoms with Crippen molar-refractivity contribution in [1.82, 2.24) is 10.3 Å². The zero-order valence-electron chi connectivity index (χ0n) is 12.3. The van der Waals surface area contributed by atoms with Crippen LogP contribution in [-0.2, 0) is 4.79 Å². The van der Waals surface area contributed by atoms with E-state index in [1.165, 1.54) is 11.8 Å². The number of benzene rings is 2. The Bertz CT molecular complexity index is 830. The smallest absolute Gasteiger partial charge is 0.231 e. The molecule has 1 heterocycles. The van der Waals surface area contributed by atoms with Crippen LogP contribution in [0.4, 0.5) is 0 Å². The molecule has 0 saturated carbocycles. The molecule has 0 bridgehead atoms. The number of para-hydroxylation sites is 1. The third kappa shape index (κ3) is 4.59. The van der Waals surface area contributed by atoms with Crippen LogP contribution in [0.15, 0.2) is 58.9 Å². The molecular weight excluding hydrogens is 324 g/mol. The molecule has 0 spiro atoms. The van der Waals surface area contributed by atoms with Crippen LogP contribution in [0.25, 0.3) is 10.2 Å². The van der Waals surface area contributed by atoms with Gasteiger partial charge in [0.15, 0.2) is 4.34 Å². The second-order valence-electron chi connectivity index (χ2n) is 4.68. The number of carbonyl (C=O) groups excluding carboxylic acids is 1. The summed E-state index contributed by atoms with van der Waals surface area (Å²) in [6.45, 7) is 0.355. The predicted octanol–water partition coefficient (Wildman–Crippen LogP) is 3.56. The topological polar surface area (TPSA) is 42.0 Å². The lowest BCUT2D eigenvalue weighted by molar-refractivity contribution is -0.118. The van der Waals surface area contributed by atoms with Gasteiger partial charge in [-0.15, -0.1) is 11.3 Å². The van der Waals surface area contributed by atoms with Crippen molar-refractivity contribution in [2.45, 2.75) is 4.34 Å². The highest BCUT2D eigenvalue weighted by molar-refractivity contribution is 8.01. The van der Waals surface area contributed by atoms with E-state index in [0.717, 1.165) is 20.1 Å². The van der Waals surface area contributed by atoms with E-state index in [1.54, 1.807) is 11.3 Å². The van der Waals surface area contributed by atoms with Gasteiger partial charge in [-0.05, 0) is 24.3 Å². The number of hydrogen-bond acceptors (Lipinski definition) is 4. The SMILES string of the molecule is O=C(CSc1nc2ccccc2s1)NCC#Cc1ccccc1. The molecule has 1 N–H and O–H groups in total. The molecule has 1 aromatic heterocycles. The number of nitrogens with one attached hydrogen (secondary N) is 1. The van der Waals surface area contributed by atoms with Crippen molar-refractivity contribution in [3.8, 4) is 11.8 Å². The maximum absolute atomic E-state index is 11.8. The van der Waals surface area contributed by atoms with Gasteiger partial charge in [0, 0.05) is 5.56 Å². The molecular formula is C18H14N2OS2. The van der Waals surface area contributed by atoms with E-state index in [4.69, 9.17) is 0 Å². The summed E-state index contributed by atoms with van der Waals surface area (Å²) in [6, 6.07) is 17.7. The molecule has 0 aliphatic carbocycles. The molecule has 3 rings (SSSR count). The van der Waals surface area contributed by atoms with Gasteiger partial charge in [-0.3, -0.25) is 4.79 Å². The number of amides is 1. The van der Waals surface area contributed by atoms with Gasteiger partial charge >= 0.3 is 0 Å². The Hall–Kier alpha value is -2.29. The minimum atomic E-state index is -0.0309. The summed E-state index contributed by atoms with van der Waals surface area (Å²) < 4.78 is 2.06. The van der Waals surface area contributed by atoms with E-state index in [-0.39, 0.29) is 5.91 Å². The summed E-state index contributed by atoms with van der Waals surface area (Å²) in [7, 11) is 0. The zero-order chi connectivity index (χ0) is 15.9. The van der Waals surface area contributed by atoms with Crippen molar-refractivity contribution in [1.29, 1.82) is 0 Å².